The first kappa shape index (κ1) is 13.8. The molecule has 0 aliphatic carbocycles. The lowest BCUT2D eigenvalue weighted by molar-refractivity contribution is -0.140. The Kier molecular flexibility index (Phi) is 3.39. The zero-order valence-electron chi connectivity index (χ0n) is 7.87. The summed E-state index contributed by atoms with van der Waals surface area (Å²) in [4.78, 5) is 1.57. The van der Waals surface area contributed by atoms with E-state index in [1.807, 2.05) is 0 Å². The summed E-state index contributed by atoms with van der Waals surface area (Å²) >= 11 is 0. The Balaban J connectivity index is 3.55. The molecule has 0 aliphatic heterocycles. The van der Waals surface area contributed by atoms with Crippen LogP contribution in [0.25, 0.3) is 0 Å². The molecule has 4 nitrogen and oxygen atoms in total. The number of sulfonamides is 1. The molecule has 0 saturated carbocycles. The minimum Gasteiger partial charge on any atom is -0.254 e. The molecule has 0 saturated heterocycles. The summed E-state index contributed by atoms with van der Waals surface area (Å²) in [6.07, 6.45) is -8.20. The molecule has 0 amide bonds. The SMILES string of the molecule is NS(=O)(=O)c1cnc(C(F)F)cc1C(F)(F)F. The highest BCUT2D eigenvalue weighted by atomic mass is 32.2. The maximum Gasteiger partial charge on any atom is 0.417 e. The molecule has 1 rings (SSSR count). The third kappa shape index (κ3) is 3.09. The molecular formula is C7H5F5N2O2S. The number of aromatic nitrogens is 1. The standard InChI is InChI=1S/C7H5F5N2O2S/c8-6(9)4-1-3(7(10,11)12)5(2-14-4)17(13,15)16/h1-2,6H,(H2,13,15,16). The van der Waals surface area contributed by atoms with Crippen LogP contribution in [0, 0.1) is 0 Å². The number of nitrogens with two attached hydrogens (primary N) is 1. The van der Waals surface area contributed by atoms with E-state index < -0.39 is 38.8 Å². The Morgan fingerprint density at radius 1 is 1.29 bits per heavy atom. The highest BCUT2D eigenvalue weighted by Gasteiger charge is 2.37. The van der Waals surface area contributed by atoms with Crippen molar-refractivity contribution in [3.63, 3.8) is 0 Å². The number of pyridine rings is 1. The van der Waals surface area contributed by atoms with Gasteiger partial charge in [-0.25, -0.2) is 22.3 Å². The van der Waals surface area contributed by atoms with Crippen molar-refractivity contribution in [3.05, 3.63) is 23.5 Å². The molecule has 96 valence electrons. The zero-order chi connectivity index (χ0) is 13.4. The first-order valence-electron chi connectivity index (χ1n) is 3.91. The summed E-state index contributed by atoms with van der Waals surface area (Å²) in [7, 11) is -4.69. The fourth-order valence-electron chi connectivity index (χ4n) is 1.03. The van der Waals surface area contributed by atoms with Gasteiger partial charge in [0.15, 0.2) is 0 Å². The molecule has 0 aliphatic rings. The number of hydrogen-bond acceptors (Lipinski definition) is 3. The first-order chi connectivity index (χ1) is 7.53. The maximum atomic E-state index is 12.4. The summed E-state index contributed by atoms with van der Waals surface area (Å²) < 4.78 is 83.3. The van der Waals surface area contributed by atoms with Crippen LogP contribution in [0.2, 0.25) is 0 Å². The van der Waals surface area contributed by atoms with Crippen LogP contribution in [0.4, 0.5) is 22.0 Å². The van der Waals surface area contributed by atoms with Gasteiger partial charge in [0.2, 0.25) is 10.0 Å². The summed E-state index contributed by atoms with van der Waals surface area (Å²) in [5, 5.41) is 4.53. The van der Waals surface area contributed by atoms with Gasteiger partial charge in [0.25, 0.3) is 6.43 Å². The van der Waals surface area contributed by atoms with Gasteiger partial charge < -0.3 is 0 Å². The van der Waals surface area contributed by atoms with Gasteiger partial charge in [0.05, 0.1) is 5.56 Å². The lowest BCUT2D eigenvalue weighted by Gasteiger charge is -2.12. The first-order valence-corrected chi connectivity index (χ1v) is 5.46. The molecule has 0 bridgehead atoms. The average molecular weight is 276 g/mol. The third-order valence-corrected chi connectivity index (χ3v) is 2.66. The normalized spacial score (nSPS) is 13.1. The second-order valence-corrected chi connectivity index (χ2v) is 4.48. The molecule has 1 aromatic heterocycles. The van der Waals surface area contributed by atoms with Crippen LogP contribution >= 0.6 is 0 Å². The predicted molar refractivity (Wildman–Crippen MR) is 45.6 cm³/mol. The van der Waals surface area contributed by atoms with E-state index in [9.17, 15) is 30.4 Å². The molecule has 0 unspecified atom stereocenters. The number of alkyl halides is 5. The predicted octanol–water partition coefficient (Wildman–Crippen LogP) is 1.69. The smallest absolute Gasteiger partial charge is 0.254 e. The molecule has 2 N–H and O–H groups in total. The second-order valence-electron chi connectivity index (χ2n) is 2.95. The van der Waals surface area contributed by atoms with Crippen molar-refractivity contribution in [2.75, 3.05) is 0 Å². The molecule has 17 heavy (non-hydrogen) atoms. The Morgan fingerprint density at radius 2 is 1.82 bits per heavy atom. The van der Waals surface area contributed by atoms with E-state index in [0.717, 1.165) is 0 Å². The molecule has 0 spiro atoms. The number of nitrogens with zero attached hydrogens (tertiary/aromatic N) is 1. The Hall–Kier alpha value is -1.29. The van der Waals surface area contributed by atoms with Crippen molar-refractivity contribution in [3.8, 4) is 0 Å². The summed E-state index contributed by atoms with van der Waals surface area (Å²) in [5.74, 6) is 0. The molecule has 0 fully saturated rings. The van der Waals surface area contributed by atoms with Crippen molar-refractivity contribution in [1.82, 2.24) is 4.98 Å². The van der Waals surface area contributed by atoms with Crippen LogP contribution in [0.5, 0.6) is 0 Å². The fourth-order valence-corrected chi connectivity index (χ4v) is 1.71. The largest absolute Gasteiger partial charge is 0.417 e. The van der Waals surface area contributed by atoms with Crippen LogP contribution in [-0.4, -0.2) is 13.4 Å². The molecule has 1 heterocycles. The highest BCUT2D eigenvalue weighted by molar-refractivity contribution is 7.89. The van der Waals surface area contributed by atoms with Crippen LogP contribution in [-0.2, 0) is 16.2 Å². The van der Waals surface area contributed by atoms with Crippen molar-refractivity contribution in [2.45, 2.75) is 17.5 Å². The molecule has 0 aromatic carbocycles. The minimum absolute atomic E-state index is 0.0373. The van der Waals surface area contributed by atoms with E-state index in [2.05, 4.69) is 10.1 Å². The van der Waals surface area contributed by atoms with Crippen LogP contribution < -0.4 is 5.14 Å². The molecular weight excluding hydrogens is 271 g/mol. The highest BCUT2D eigenvalue weighted by Crippen LogP contribution is 2.35. The Bertz CT molecular complexity index is 526. The number of hydrogen-bond donors (Lipinski definition) is 1. The lowest BCUT2D eigenvalue weighted by Crippen LogP contribution is -2.20. The van der Waals surface area contributed by atoms with Crippen molar-refractivity contribution in [2.24, 2.45) is 5.14 Å². The average Bonchev–Trinajstić information content (AvgIpc) is 2.14. The third-order valence-electron chi connectivity index (χ3n) is 1.72. The molecule has 1 aromatic rings. The number of halogens is 5. The van der Waals surface area contributed by atoms with Gasteiger partial charge in [0.1, 0.15) is 10.6 Å². The lowest BCUT2D eigenvalue weighted by atomic mass is 10.2. The molecule has 0 atom stereocenters. The minimum atomic E-state index is -5.12. The second kappa shape index (κ2) is 4.18. The van der Waals surface area contributed by atoms with E-state index in [1.54, 1.807) is 0 Å². The van der Waals surface area contributed by atoms with Crippen molar-refractivity contribution < 1.29 is 30.4 Å². The van der Waals surface area contributed by atoms with Gasteiger partial charge in [-0.3, -0.25) is 4.98 Å². The van der Waals surface area contributed by atoms with Gasteiger partial charge in [-0.1, -0.05) is 0 Å². The van der Waals surface area contributed by atoms with Gasteiger partial charge in [-0.2, -0.15) is 13.2 Å². The Labute approximate surface area is 92.3 Å². The van der Waals surface area contributed by atoms with E-state index >= 15 is 0 Å². The van der Waals surface area contributed by atoms with E-state index in [4.69, 9.17) is 0 Å². The van der Waals surface area contributed by atoms with Crippen LogP contribution in [0.1, 0.15) is 17.7 Å². The van der Waals surface area contributed by atoms with Crippen LogP contribution in [0.15, 0.2) is 17.2 Å². The van der Waals surface area contributed by atoms with Crippen molar-refractivity contribution in [1.29, 1.82) is 0 Å². The van der Waals surface area contributed by atoms with Gasteiger partial charge in [-0.05, 0) is 6.07 Å². The molecule has 10 heteroatoms. The van der Waals surface area contributed by atoms with E-state index in [0.29, 0.717) is 0 Å². The van der Waals surface area contributed by atoms with Gasteiger partial charge in [0, 0.05) is 6.20 Å². The maximum absolute atomic E-state index is 12.4. The zero-order valence-corrected chi connectivity index (χ0v) is 8.69. The topological polar surface area (TPSA) is 73.1 Å². The molecule has 0 radical (unpaired) electrons. The summed E-state index contributed by atoms with van der Waals surface area (Å²) in [5.41, 5.74) is -2.94. The number of rotatable bonds is 2. The van der Waals surface area contributed by atoms with Crippen LogP contribution in [0.3, 0.4) is 0 Å². The van der Waals surface area contributed by atoms with E-state index in [-0.39, 0.29) is 12.3 Å². The quantitative estimate of drug-likeness (QED) is 0.835. The summed E-state index contributed by atoms with van der Waals surface area (Å²) in [6, 6.07) is -0.0373. The summed E-state index contributed by atoms with van der Waals surface area (Å²) in [6.45, 7) is 0. The Morgan fingerprint density at radius 3 is 2.18 bits per heavy atom. The monoisotopic (exact) mass is 276 g/mol. The van der Waals surface area contributed by atoms with E-state index in [1.165, 1.54) is 0 Å². The van der Waals surface area contributed by atoms with Gasteiger partial charge in [-0.15, -0.1) is 0 Å². The fraction of sp³-hybridized carbons (Fsp3) is 0.286. The van der Waals surface area contributed by atoms with Gasteiger partial charge >= 0.3 is 6.18 Å². The van der Waals surface area contributed by atoms with Crippen molar-refractivity contribution >= 4 is 10.0 Å². The number of primary sulfonamides is 1.